The third-order valence-electron chi connectivity index (χ3n) is 4.71. The first kappa shape index (κ1) is 11.8. The van der Waals surface area contributed by atoms with Gasteiger partial charge < -0.3 is 4.57 Å². The van der Waals surface area contributed by atoms with Crippen LogP contribution in [0, 0.1) is 18.8 Å². The molecule has 0 saturated heterocycles. The molecule has 1 heterocycles. The van der Waals surface area contributed by atoms with Crippen molar-refractivity contribution in [3.8, 4) is 0 Å². The van der Waals surface area contributed by atoms with E-state index in [0.29, 0.717) is 6.04 Å². The predicted molar refractivity (Wildman–Crippen MR) is 75.7 cm³/mol. The van der Waals surface area contributed by atoms with Gasteiger partial charge in [-0.3, -0.25) is 0 Å². The Bertz CT molecular complexity index is 555. The maximum atomic E-state index is 4.70. The van der Waals surface area contributed by atoms with Crippen LogP contribution < -0.4 is 0 Å². The van der Waals surface area contributed by atoms with E-state index in [1.165, 1.54) is 30.6 Å². The third-order valence-corrected chi connectivity index (χ3v) is 4.71. The molecule has 1 aromatic heterocycles. The molecular weight excluding hydrogens is 220 g/mol. The molecule has 3 unspecified atom stereocenters. The Balaban J connectivity index is 2.01. The van der Waals surface area contributed by atoms with E-state index in [9.17, 15) is 0 Å². The Morgan fingerprint density at radius 1 is 1.11 bits per heavy atom. The minimum Gasteiger partial charge on any atom is -0.325 e. The van der Waals surface area contributed by atoms with E-state index in [4.69, 9.17) is 4.98 Å². The number of aryl methyl sites for hydroxylation is 1. The molecule has 2 aromatic rings. The van der Waals surface area contributed by atoms with E-state index < -0.39 is 0 Å². The van der Waals surface area contributed by atoms with Gasteiger partial charge in [0.1, 0.15) is 5.82 Å². The lowest BCUT2D eigenvalue weighted by Gasteiger charge is -2.33. The van der Waals surface area contributed by atoms with Crippen molar-refractivity contribution in [3.05, 3.63) is 30.1 Å². The van der Waals surface area contributed by atoms with Crippen LogP contribution in [0.1, 0.15) is 45.0 Å². The van der Waals surface area contributed by atoms with Gasteiger partial charge in [0.2, 0.25) is 0 Å². The highest BCUT2D eigenvalue weighted by atomic mass is 15.1. The Morgan fingerprint density at radius 2 is 1.89 bits per heavy atom. The summed E-state index contributed by atoms with van der Waals surface area (Å²) in [6.07, 6.45) is 3.94. The molecule has 1 aromatic carbocycles. The lowest BCUT2D eigenvalue weighted by Crippen LogP contribution is -2.23. The first-order valence-corrected chi connectivity index (χ1v) is 7.10. The number of benzene rings is 1. The largest absolute Gasteiger partial charge is 0.325 e. The van der Waals surface area contributed by atoms with E-state index in [0.717, 1.165) is 17.4 Å². The summed E-state index contributed by atoms with van der Waals surface area (Å²) in [6, 6.07) is 9.16. The van der Waals surface area contributed by atoms with Crippen LogP contribution in [0.3, 0.4) is 0 Å². The van der Waals surface area contributed by atoms with Gasteiger partial charge in [0.25, 0.3) is 0 Å². The Labute approximate surface area is 109 Å². The van der Waals surface area contributed by atoms with Crippen molar-refractivity contribution in [1.82, 2.24) is 9.55 Å². The van der Waals surface area contributed by atoms with Crippen molar-refractivity contribution in [1.29, 1.82) is 0 Å². The highest BCUT2D eigenvalue weighted by molar-refractivity contribution is 5.76. The molecule has 3 atom stereocenters. The smallest absolute Gasteiger partial charge is 0.106 e. The molecule has 96 valence electrons. The fourth-order valence-electron chi connectivity index (χ4n) is 3.38. The van der Waals surface area contributed by atoms with Crippen LogP contribution in [0.2, 0.25) is 0 Å². The fraction of sp³-hybridized carbons (Fsp3) is 0.562. The summed E-state index contributed by atoms with van der Waals surface area (Å²) < 4.78 is 2.47. The molecule has 0 amide bonds. The Morgan fingerprint density at radius 3 is 2.67 bits per heavy atom. The van der Waals surface area contributed by atoms with Gasteiger partial charge in [-0.05, 0) is 50.2 Å². The first-order valence-electron chi connectivity index (χ1n) is 7.10. The minimum atomic E-state index is 0.642. The third kappa shape index (κ3) is 1.84. The number of imidazole rings is 1. The highest BCUT2D eigenvalue weighted by Gasteiger charge is 2.27. The molecule has 3 rings (SSSR count). The van der Waals surface area contributed by atoms with E-state index in [1.807, 2.05) is 0 Å². The second-order valence-electron chi connectivity index (χ2n) is 5.94. The Kier molecular flexibility index (Phi) is 2.89. The van der Waals surface area contributed by atoms with Crippen LogP contribution in [-0.4, -0.2) is 9.55 Å². The molecule has 1 aliphatic carbocycles. The normalized spacial score (nSPS) is 28.7. The number of aromatic nitrogens is 2. The maximum Gasteiger partial charge on any atom is 0.106 e. The van der Waals surface area contributed by atoms with Crippen LogP contribution in [0.25, 0.3) is 11.0 Å². The van der Waals surface area contributed by atoms with Gasteiger partial charge in [0.15, 0.2) is 0 Å². The van der Waals surface area contributed by atoms with Gasteiger partial charge in [-0.1, -0.05) is 26.0 Å². The zero-order valence-electron chi connectivity index (χ0n) is 11.6. The van der Waals surface area contributed by atoms with Gasteiger partial charge in [-0.25, -0.2) is 4.98 Å². The van der Waals surface area contributed by atoms with Gasteiger partial charge in [-0.15, -0.1) is 0 Å². The molecule has 0 spiro atoms. The molecule has 2 heteroatoms. The average Bonchev–Trinajstić information content (AvgIpc) is 2.69. The van der Waals surface area contributed by atoms with Crippen molar-refractivity contribution in [2.24, 2.45) is 11.8 Å². The minimum absolute atomic E-state index is 0.642. The average molecular weight is 242 g/mol. The number of para-hydroxylation sites is 2. The fourth-order valence-corrected chi connectivity index (χ4v) is 3.38. The maximum absolute atomic E-state index is 4.70. The summed E-state index contributed by atoms with van der Waals surface area (Å²) in [4.78, 5) is 4.70. The van der Waals surface area contributed by atoms with Crippen molar-refractivity contribution in [2.75, 3.05) is 0 Å². The molecule has 0 bridgehead atoms. The molecule has 0 aliphatic heterocycles. The van der Waals surface area contributed by atoms with E-state index in [1.54, 1.807) is 0 Å². The van der Waals surface area contributed by atoms with Gasteiger partial charge >= 0.3 is 0 Å². The lowest BCUT2D eigenvalue weighted by molar-refractivity contribution is 0.212. The quantitative estimate of drug-likeness (QED) is 0.727. The topological polar surface area (TPSA) is 17.8 Å². The van der Waals surface area contributed by atoms with Crippen molar-refractivity contribution < 1.29 is 0 Å². The van der Waals surface area contributed by atoms with Crippen molar-refractivity contribution in [3.63, 3.8) is 0 Å². The Hall–Kier alpha value is -1.31. The zero-order chi connectivity index (χ0) is 12.7. The summed E-state index contributed by atoms with van der Waals surface area (Å²) in [6.45, 7) is 6.92. The second kappa shape index (κ2) is 4.42. The van der Waals surface area contributed by atoms with Crippen molar-refractivity contribution >= 4 is 11.0 Å². The van der Waals surface area contributed by atoms with Crippen LogP contribution in [0.15, 0.2) is 24.3 Å². The van der Waals surface area contributed by atoms with E-state index in [-0.39, 0.29) is 0 Å². The summed E-state index contributed by atoms with van der Waals surface area (Å²) in [5.74, 6) is 2.86. The standard InChI is InChI=1S/C16H22N2/c1-11-8-9-14(10-12(11)2)18-13(3)17-15-6-4-5-7-16(15)18/h4-7,11-12,14H,8-10H2,1-3H3. The molecule has 18 heavy (non-hydrogen) atoms. The predicted octanol–water partition coefficient (Wildman–Crippen LogP) is 4.34. The van der Waals surface area contributed by atoms with Crippen LogP contribution in [0.4, 0.5) is 0 Å². The summed E-state index contributed by atoms with van der Waals surface area (Å²) >= 11 is 0. The number of nitrogens with zero attached hydrogens (tertiary/aromatic N) is 2. The van der Waals surface area contributed by atoms with Crippen molar-refractivity contribution in [2.45, 2.75) is 46.1 Å². The number of hydrogen-bond donors (Lipinski definition) is 0. The van der Waals surface area contributed by atoms with Crippen LogP contribution in [-0.2, 0) is 0 Å². The van der Waals surface area contributed by atoms with Gasteiger partial charge in [-0.2, -0.15) is 0 Å². The van der Waals surface area contributed by atoms with E-state index in [2.05, 4.69) is 49.6 Å². The molecule has 1 aliphatic rings. The number of rotatable bonds is 1. The summed E-state index contributed by atoms with van der Waals surface area (Å²) in [7, 11) is 0. The van der Waals surface area contributed by atoms with Gasteiger partial charge in [0, 0.05) is 6.04 Å². The lowest BCUT2D eigenvalue weighted by atomic mass is 9.79. The molecular formula is C16H22N2. The van der Waals surface area contributed by atoms with Crippen LogP contribution in [0.5, 0.6) is 0 Å². The zero-order valence-corrected chi connectivity index (χ0v) is 11.6. The van der Waals surface area contributed by atoms with Crippen LogP contribution >= 0.6 is 0 Å². The SMILES string of the molecule is Cc1nc2ccccc2n1C1CCC(C)C(C)C1. The number of fused-ring (bicyclic) bond motifs is 1. The molecule has 0 N–H and O–H groups in total. The monoisotopic (exact) mass is 242 g/mol. The first-order chi connectivity index (χ1) is 8.66. The van der Waals surface area contributed by atoms with E-state index >= 15 is 0 Å². The number of hydrogen-bond acceptors (Lipinski definition) is 1. The summed E-state index contributed by atoms with van der Waals surface area (Å²) in [5.41, 5.74) is 2.45. The molecule has 2 nitrogen and oxygen atoms in total. The second-order valence-corrected chi connectivity index (χ2v) is 5.94. The highest BCUT2D eigenvalue weighted by Crippen LogP contribution is 2.38. The molecule has 1 saturated carbocycles. The molecule has 1 fully saturated rings. The van der Waals surface area contributed by atoms with Gasteiger partial charge in [0.05, 0.1) is 11.0 Å². The summed E-state index contributed by atoms with van der Waals surface area (Å²) in [5, 5.41) is 0. The molecule has 0 radical (unpaired) electrons.